The summed E-state index contributed by atoms with van der Waals surface area (Å²) in [5, 5.41) is 0. The predicted octanol–water partition coefficient (Wildman–Crippen LogP) is 3.45. The lowest BCUT2D eigenvalue weighted by molar-refractivity contribution is -0.131. The second-order valence-electron chi connectivity index (χ2n) is 7.23. The Bertz CT molecular complexity index is 964. The SMILES string of the molecule is CN(C)c1nc(C2CCCN2C(=O)Cc2ccc(F)cc2)cn2cccc12. The zero-order valence-corrected chi connectivity index (χ0v) is 15.6. The maximum atomic E-state index is 13.1. The molecule has 1 unspecified atom stereocenters. The number of rotatable bonds is 4. The Morgan fingerprint density at radius 2 is 2.04 bits per heavy atom. The summed E-state index contributed by atoms with van der Waals surface area (Å²) in [6, 6.07) is 10.2. The molecule has 27 heavy (non-hydrogen) atoms. The van der Waals surface area contributed by atoms with Crippen molar-refractivity contribution >= 4 is 17.2 Å². The van der Waals surface area contributed by atoms with E-state index in [1.165, 1.54) is 12.1 Å². The lowest BCUT2D eigenvalue weighted by Gasteiger charge is -2.26. The van der Waals surface area contributed by atoms with Crippen LogP contribution in [0.4, 0.5) is 10.2 Å². The number of fused-ring (bicyclic) bond motifs is 1. The molecule has 1 aromatic carbocycles. The largest absolute Gasteiger partial charge is 0.361 e. The van der Waals surface area contributed by atoms with E-state index in [-0.39, 0.29) is 24.2 Å². The second-order valence-corrected chi connectivity index (χ2v) is 7.23. The summed E-state index contributed by atoms with van der Waals surface area (Å²) in [4.78, 5) is 21.7. The van der Waals surface area contributed by atoms with Crippen molar-refractivity contribution in [2.75, 3.05) is 25.5 Å². The second kappa shape index (κ2) is 7.02. The highest BCUT2D eigenvalue weighted by atomic mass is 19.1. The van der Waals surface area contributed by atoms with Gasteiger partial charge in [0.1, 0.15) is 5.82 Å². The molecule has 1 saturated heterocycles. The Morgan fingerprint density at radius 3 is 2.78 bits per heavy atom. The van der Waals surface area contributed by atoms with Crippen molar-refractivity contribution in [2.24, 2.45) is 0 Å². The molecule has 0 aliphatic carbocycles. The van der Waals surface area contributed by atoms with Gasteiger partial charge in [0.2, 0.25) is 5.91 Å². The first-order chi connectivity index (χ1) is 13.0. The zero-order valence-electron chi connectivity index (χ0n) is 15.6. The van der Waals surface area contributed by atoms with Crippen LogP contribution in [-0.2, 0) is 11.2 Å². The molecule has 0 N–H and O–H groups in total. The van der Waals surface area contributed by atoms with E-state index in [1.807, 2.05) is 48.4 Å². The van der Waals surface area contributed by atoms with Crippen LogP contribution in [0.5, 0.6) is 0 Å². The molecule has 1 aliphatic heterocycles. The molecule has 0 spiro atoms. The van der Waals surface area contributed by atoms with E-state index in [2.05, 4.69) is 4.40 Å². The highest BCUT2D eigenvalue weighted by molar-refractivity contribution is 5.79. The molecule has 2 aromatic heterocycles. The fourth-order valence-electron chi connectivity index (χ4n) is 3.79. The van der Waals surface area contributed by atoms with Crippen molar-refractivity contribution in [1.29, 1.82) is 0 Å². The monoisotopic (exact) mass is 366 g/mol. The molecule has 0 bridgehead atoms. The van der Waals surface area contributed by atoms with Gasteiger partial charge in [0.05, 0.1) is 23.7 Å². The van der Waals surface area contributed by atoms with E-state index >= 15 is 0 Å². The van der Waals surface area contributed by atoms with E-state index in [4.69, 9.17) is 4.98 Å². The van der Waals surface area contributed by atoms with E-state index in [0.29, 0.717) is 0 Å². The number of carbonyl (C=O) groups is 1. The maximum Gasteiger partial charge on any atom is 0.227 e. The van der Waals surface area contributed by atoms with E-state index in [1.54, 1.807) is 12.1 Å². The Labute approximate surface area is 158 Å². The molecule has 1 fully saturated rings. The van der Waals surface area contributed by atoms with Gasteiger partial charge in [-0.05, 0) is 42.7 Å². The van der Waals surface area contributed by atoms with E-state index < -0.39 is 0 Å². The molecule has 4 rings (SSSR count). The summed E-state index contributed by atoms with van der Waals surface area (Å²) in [5.74, 6) is 0.672. The molecule has 3 aromatic rings. The molecule has 1 aliphatic rings. The number of amides is 1. The summed E-state index contributed by atoms with van der Waals surface area (Å²) in [6.07, 6.45) is 6.18. The Kier molecular flexibility index (Phi) is 4.56. The van der Waals surface area contributed by atoms with E-state index in [9.17, 15) is 9.18 Å². The number of anilines is 1. The molecule has 3 heterocycles. The maximum absolute atomic E-state index is 13.1. The summed E-state index contributed by atoms with van der Waals surface area (Å²) in [7, 11) is 3.95. The number of hydrogen-bond acceptors (Lipinski definition) is 3. The molecule has 1 amide bonds. The molecule has 6 heteroatoms. The standard InChI is InChI=1S/C21H23FN4O/c1-24(2)21-19-6-3-11-25(19)14-17(23-21)18-5-4-12-26(18)20(27)13-15-7-9-16(22)10-8-15/h3,6-11,14,18H,4-5,12-13H2,1-2H3. The van der Waals surface area contributed by atoms with Crippen LogP contribution < -0.4 is 4.90 Å². The van der Waals surface area contributed by atoms with Crippen LogP contribution in [0.3, 0.4) is 0 Å². The van der Waals surface area contributed by atoms with Gasteiger partial charge >= 0.3 is 0 Å². The van der Waals surface area contributed by atoms with Crippen molar-refractivity contribution in [3.63, 3.8) is 0 Å². The van der Waals surface area contributed by atoms with Crippen LogP contribution in [-0.4, -0.2) is 40.8 Å². The van der Waals surface area contributed by atoms with Gasteiger partial charge in [-0.15, -0.1) is 0 Å². The third-order valence-corrected chi connectivity index (χ3v) is 5.12. The smallest absolute Gasteiger partial charge is 0.227 e. The lowest BCUT2D eigenvalue weighted by atomic mass is 10.1. The lowest BCUT2D eigenvalue weighted by Crippen LogP contribution is -2.32. The number of nitrogens with zero attached hydrogens (tertiary/aromatic N) is 4. The molecule has 140 valence electrons. The Morgan fingerprint density at radius 1 is 1.26 bits per heavy atom. The minimum absolute atomic E-state index is 0.0246. The quantitative estimate of drug-likeness (QED) is 0.710. The van der Waals surface area contributed by atoms with Gasteiger partial charge < -0.3 is 14.2 Å². The van der Waals surface area contributed by atoms with Crippen LogP contribution in [0.25, 0.3) is 5.52 Å². The molecular formula is C21H23FN4O. The van der Waals surface area contributed by atoms with Crippen LogP contribution in [0.1, 0.15) is 30.1 Å². The summed E-state index contributed by atoms with van der Waals surface area (Å²) in [5.41, 5.74) is 2.79. The highest BCUT2D eigenvalue weighted by Gasteiger charge is 2.31. The van der Waals surface area contributed by atoms with Crippen molar-refractivity contribution in [1.82, 2.24) is 14.3 Å². The third-order valence-electron chi connectivity index (χ3n) is 5.12. The first kappa shape index (κ1) is 17.5. The van der Waals surface area contributed by atoms with Gasteiger partial charge in [-0.2, -0.15) is 0 Å². The van der Waals surface area contributed by atoms with Crippen molar-refractivity contribution in [3.8, 4) is 0 Å². The van der Waals surface area contributed by atoms with Crippen LogP contribution in [0, 0.1) is 5.82 Å². The topological polar surface area (TPSA) is 40.9 Å². The first-order valence-electron chi connectivity index (χ1n) is 9.22. The number of carbonyl (C=O) groups excluding carboxylic acids is 1. The number of halogens is 1. The minimum Gasteiger partial charge on any atom is -0.361 e. The third kappa shape index (κ3) is 3.39. The molecule has 1 atom stereocenters. The van der Waals surface area contributed by atoms with Gasteiger partial charge in [0.25, 0.3) is 0 Å². The summed E-state index contributed by atoms with van der Waals surface area (Å²) in [6.45, 7) is 0.730. The zero-order chi connectivity index (χ0) is 19.0. The average Bonchev–Trinajstić information content (AvgIpc) is 3.31. The first-order valence-corrected chi connectivity index (χ1v) is 9.22. The van der Waals surface area contributed by atoms with Gasteiger partial charge in [0.15, 0.2) is 5.82 Å². The van der Waals surface area contributed by atoms with E-state index in [0.717, 1.165) is 42.0 Å². The van der Waals surface area contributed by atoms with Gasteiger partial charge in [0, 0.05) is 33.0 Å². The van der Waals surface area contributed by atoms with Crippen LogP contribution in [0.2, 0.25) is 0 Å². The van der Waals surface area contributed by atoms with Gasteiger partial charge in [-0.25, -0.2) is 9.37 Å². The fraction of sp³-hybridized carbons (Fsp3) is 0.333. The minimum atomic E-state index is -0.286. The molecular weight excluding hydrogens is 343 g/mol. The Balaban J connectivity index is 1.62. The van der Waals surface area contributed by atoms with Crippen molar-refractivity contribution in [3.05, 3.63) is 65.9 Å². The predicted molar refractivity (Wildman–Crippen MR) is 103 cm³/mol. The normalized spacial score (nSPS) is 16.9. The van der Waals surface area contributed by atoms with Crippen LogP contribution in [0.15, 0.2) is 48.8 Å². The number of hydrogen-bond donors (Lipinski definition) is 0. The summed E-state index contributed by atoms with van der Waals surface area (Å²) < 4.78 is 15.2. The average molecular weight is 366 g/mol. The van der Waals surface area contributed by atoms with Crippen LogP contribution >= 0.6 is 0 Å². The van der Waals surface area contributed by atoms with Crippen molar-refractivity contribution < 1.29 is 9.18 Å². The number of aromatic nitrogens is 2. The van der Waals surface area contributed by atoms with Gasteiger partial charge in [-0.1, -0.05) is 12.1 Å². The molecule has 0 saturated carbocycles. The Hall–Kier alpha value is -2.89. The van der Waals surface area contributed by atoms with Crippen molar-refractivity contribution in [2.45, 2.75) is 25.3 Å². The molecule has 5 nitrogen and oxygen atoms in total. The number of likely N-dealkylation sites (tertiary alicyclic amines) is 1. The highest BCUT2D eigenvalue weighted by Crippen LogP contribution is 2.33. The fourth-order valence-corrected chi connectivity index (χ4v) is 3.79. The summed E-state index contributed by atoms with van der Waals surface area (Å²) >= 11 is 0. The molecule has 0 radical (unpaired) electrons. The number of benzene rings is 1. The van der Waals surface area contributed by atoms with Gasteiger partial charge in [-0.3, -0.25) is 4.79 Å².